The first-order valence-electron chi connectivity index (χ1n) is 3.44. The van der Waals surface area contributed by atoms with Crippen LogP contribution in [0.1, 0.15) is 0 Å². The Labute approximate surface area is 68.3 Å². The zero-order valence-electron chi connectivity index (χ0n) is 5.87. The van der Waals surface area contributed by atoms with Crippen LogP contribution in [-0.4, -0.2) is 41.0 Å². The Morgan fingerprint density at radius 1 is 1.73 bits per heavy atom. The lowest BCUT2D eigenvalue weighted by atomic mass is 10.2. The molecule has 1 spiro atoms. The van der Waals surface area contributed by atoms with Gasteiger partial charge in [0, 0.05) is 5.75 Å². The third-order valence-corrected chi connectivity index (χ3v) is 3.34. The lowest BCUT2D eigenvalue weighted by Crippen LogP contribution is -2.57. The highest BCUT2D eigenvalue weighted by Crippen LogP contribution is 2.36. The van der Waals surface area contributed by atoms with Crippen LogP contribution in [0.3, 0.4) is 0 Å². The molecule has 2 N–H and O–H groups in total. The van der Waals surface area contributed by atoms with Gasteiger partial charge in [-0.25, -0.2) is 0 Å². The number of nitrogens with one attached hydrogen (secondary N) is 1. The maximum Gasteiger partial charge on any atom is 0.321 e. The van der Waals surface area contributed by atoms with Crippen LogP contribution >= 0.6 is 11.8 Å². The smallest absolute Gasteiger partial charge is 0.321 e. The molecule has 11 heavy (non-hydrogen) atoms. The molecule has 4 nitrogen and oxygen atoms in total. The number of rotatable bonds is 1. The second kappa shape index (κ2) is 2.36. The molecule has 0 bridgehead atoms. The molecular weight excluding hydrogens is 166 g/mol. The van der Waals surface area contributed by atoms with Gasteiger partial charge in [0.2, 0.25) is 0 Å². The predicted molar refractivity (Wildman–Crippen MR) is 40.6 cm³/mol. The van der Waals surface area contributed by atoms with E-state index in [1.165, 1.54) is 0 Å². The van der Waals surface area contributed by atoms with Gasteiger partial charge in [0.05, 0.1) is 13.2 Å². The van der Waals surface area contributed by atoms with Crippen molar-refractivity contribution in [1.29, 1.82) is 0 Å². The van der Waals surface area contributed by atoms with Crippen LogP contribution in [0, 0.1) is 0 Å². The Kier molecular flexibility index (Phi) is 1.59. The van der Waals surface area contributed by atoms with Crippen molar-refractivity contribution in [3.05, 3.63) is 0 Å². The molecule has 0 saturated carbocycles. The van der Waals surface area contributed by atoms with Gasteiger partial charge >= 0.3 is 5.97 Å². The zero-order valence-corrected chi connectivity index (χ0v) is 6.69. The van der Waals surface area contributed by atoms with E-state index >= 15 is 0 Å². The Morgan fingerprint density at radius 2 is 2.45 bits per heavy atom. The van der Waals surface area contributed by atoms with E-state index in [1.807, 2.05) is 0 Å². The first kappa shape index (κ1) is 7.39. The SMILES string of the molecule is O=C(O)[C@H]1CSC2(COC2)N1. The monoisotopic (exact) mass is 175 g/mol. The highest BCUT2D eigenvalue weighted by Gasteiger charge is 2.47. The number of carboxylic acid groups (broad SMARTS) is 1. The molecule has 1 atom stereocenters. The standard InChI is InChI=1S/C6H9NO3S/c8-5(9)4-1-11-6(7-4)2-10-3-6/h4,7H,1-3H2,(H,8,9)/t4-/m1/s1. The average Bonchev–Trinajstić information content (AvgIpc) is 2.28. The molecule has 2 rings (SSSR count). The van der Waals surface area contributed by atoms with Gasteiger partial charge in [0.25, 0.3) is 0 Å². The summed E-state index contributed by atoms with van der Waals surface area (Å²) in [6.45, 7) is 1.28. The molecule has 5 heteroatoms. The van der Waals surface area contributed by atoms with Gasteiger partial charge in [0.15, 0.2) is 0 Å². The van der Waals surface area contributed by atoms with Crippen molar-refractivity contribution in [2.75, 3.05) is 19.0 Å². The van der Waals surface area contributed by atoms with Crippen LogP contribution in [0.15, 0.2) is 0 Å². The highest BCUT2D eigenvalue weighted by molar-refractivity contribution is 8.01. The summed E-state index contributed by atoms with van der Waals surface area (Å²) >= 11 is 1.65. The average molecular weight is 175 g/mol. The second-order valence-electron chi connectivity index (χ2n) is 2.83. The van der Waals surface area contributed by atoms with Crippen molar-refractivity contribution < 1.29 is 14.6 Å². The van der Waals surface area contributed by atoms with E-state index in [2.05, 4.69) is 5.32 Å². The van der Waals surface area contributed by atoms with Crippen molar-refractivity contribution in [2.45, 2.75) is 10.9 Å². The molecule has 2 aliphatic rings. The second-order valence-corrected chi connectivity index (χ2v) is 4.24. The first-order valence-corrected chi connectivity index (χ1v) is 4.43. The predicted octanol–water partition coefficient (Wildman–Crippen LogP) is -0.497. The van der Waals surface area contributed by atoms with E-state index in [9.17, 15) is 4.79 Å². The molecule has 0 aromatic heterocycles. The molecule has 2 heterocycles. The molecule has 62 valence electrons. The van der Waals surface area contributed by atoms with Gasteiger partial charge in [-0.05, 0) is 0 Å². The van der Waals surface area contributed by atoms with Crippen molar-refractivity contribution in [1.82, 2.24) is 5.32 Å². The number of thioether (sulfide) groups is 1. The van der Waals surface area contributed by atoms with Crippen LogP contribution in [0.25, 0.3) is 0 Å². The minimum atomic E-state index is -0.763. The molecule has 0 aromatic rings. The van der Waals surface area contributed by atoms with Gasteiger partial charge in [-0.15, -0.1) is 11.8 Å². The number of hydrogen-bond donors (Lipinski definition) is 2. The van der Waals surface area contributed by atoms with Gasteiger partial charge in [0.1, 0.15) is 10.9 Å². The van der Waals surface area contributed by atoms with Crippen LogP contribution in [-0.2, 0) is 9.53 Å². The van der Waals surface area contributed by atoms with Crippen molar-refractivity contribution in [3.8, 4) is 0 Å². The van der Waals surface area contributed by atoms with Gasteiger partial charge in [-0.3, -0.25) is 10.1 Å². The van der Waals surface area contributed by atoms with Crippen molar-refractivity contribution >= 4 is 17.7 Å². The Balaban J connectivity index is 1.98. The molecule has 2 aliphatic heterocycles. The fraction of sp³-hybridized carbons (Fsp3) is 0.833. The molecule has 0 radical (unpaired) electrons. The summed E-state index contributed by atoms with van der Waals surface area (Å²) in [5.74, 6) is -0.111. The normalized spacial score (nSPS) is 33.6. The first-order chi connectivity index (χ1) is 5.22. The highest BCUT2D eigenvalue weighted by atomic mass is 32.2. The van der Waals surface area contributed by atoms with E-state index in [0.717, 1.165) is 0 Å². The summed E-state index contributed by atoms with van der Waals surface area (Å²) in [6.07, 6.45) is 0. The minimum Gasteiger partial charge on any atom is -0.480 e. The maximum atomic E-state index is 10.5. The van der Waals surface area contributed by atoms with E-state index < -0.39 is 5.97 Å². The Hall–Kier alpha value is -0.260. The number of ether oxygens (including phenoxy) is 1. The molecule has 0 amide bonds. The van der Waals surface area contributed by atoms with Crippen LogP contribution < -0.4 is 5.32 Å². The summed E-state index contributed by atoms with van der Waals surface area (Å²) in [7, 11) is 0. The molecule has 0 aliphatic carbocycles. The third kappa shape index (κ3) is 1.13. The zero-order chi connectivity index (χ0) is 7.90. The molecule has 2 saturated heterocycles. The van der Waals surface area contributed by atoms with Crippen LogP contribution in [0.2, 0.25) is 0 Å². The van der Waals surface area contributed by atoms with E-state index in [1.54, 1.807) is 11.8 Å². The lowest BCUT2D eigenvalue weighted by molar-refractivity contribution is -0.139. The lowest BCUT2D eigenvalue weighted by Gasteiger charge is -2.37. The topological polar surface area (TPSA) is 58.6 Å². The number of carbonyl (C=O) groups is 1. The largest absolute Gasteiger partial charge is 0.480 e. The van der Waals surface area contributed by atoms with E-state index in [4.69, 9.17) is 9.84 Å². The number of carboxylic acids is 1. The quantitative estimate of drug-likeness (QED) is 0.563. The number of hydrogen-bond acceptors (Lipinski definition) is 4. The van der Waals surface area contributed by atoms with Crippen molar-refractivity contribution in [2.24, 2.45) is 0 Å². The van der Waals surface area contributed by atoms with Crippen LogP contribution in [0.4, 0.5) is 0 Å². The van der Waals surface area contributed by atoms with Crippen molar-refractivity contribution in [3.63, 3.8) is 0 Å². The Morgan fingerprint density at radius 3 is 2.73 bits per heavy atom. The summed E-state index contributed by atoms with van der Waals surface area (Å²) in [5.41, 5.74) is 0. The number of aliphatic carboxylic acids is 1. The summed E-state index contributed by atoms with van der Waals surface area (Å²) in [4.78, 5) is 10.4. The van der Waals surface area contributed by atoms with Crippen LogP contribution in [0.5, 0.6) is 0 Å². The summed E-state index contributed by atoms with van der Waals surface area (Å²) in [5, 5.41) is 11.7. The summed E-state index contributed by atoms with van der Waals surface area (Å²) < 4.78 is 5.01. The molecule has 0 unspecified atom stereocenters. The van der Waals surface area contributed by atoms with E-state index in [0.29, 0.717) is 19.0 Å². The van der Waals surface area contributed by atoms with E-state index in [-0.39, 0.29) is 10.9 Å². The molecule has 0 aromatic carbocycles. The maximum absolute atomic E-state index is 10.5. The Bertz CT molecular complexity index is 192. The third-order valence-electron chi connectivity index (χ3n) is 1.93. The minimum absolute atomic E-state index is 0.0664. The fourth-order valence-electron chi connectivity index (χ4n) is 1.23. The molecular formula is C6H9NO3S. The fourth-order valence-corrected chi connectivity index (χ4v) is 2.50. The summed E-state index contributed by atoms with van der Waals surface area (Å²) in [6, 6.07) is -0.385. The molecule has 2 fully saturated rings. The van der Waals surface area contributed by atoms with Gasteiger partial charge in [-0.2, -0.15) is 0 Å². The van der Waals surface area contributed by atoms with Gasteiger partial charge < -0.3 is 9.84 Å². The van der Waals surface area contributed by atoms with Gasteiger partial charge in [-0.1, -0.05) is 0 Å².